The first-order valence-electron chi connectivity index (χ1n) is 7.49. The van der Waals surface area contributed by atoms with E-state index in [2.05, 4.69) is 22.3 Å². The van der Waals surface area contributed by atoms with Gasteiger partial charge < -0.3 is 15.3 Å². The molecule has 1 aliphatic rings. The van der Waals surface area contributed by atoms with Crippen LogP contribution in [0.5, 0.6) is 0 Å². The summed E-state index contributed by atoms with van der Waals surface area (Å²) >= 11 is 5.94. The fourth-order valence-corrected chi connectivity index (χ4v) is 3.14. The van der Waals surface area contributed by atoms with E-state index >= 15 is 0 Å². The van der Waals surface area contributed by atoms with E-state index < -0.39 is 0 Å². The van der Waals surface area contributed by atoms with Gasteiger partial charge in [-0.05, 0) is 63.0 Å². The van der Waals surface area contributed by atoms with Crippen LogP contribution < -0.4 is 5.32 Å². The van der Waals surface area contributed by atoms with Crippen LogP contribution in [0.3, 0.4) is 0 Å². The van der Waals surface area contributed by atoms with Crippen LogP contribution in [-0.4, -0.2) is 43.3 Å². The van der Waals surface area contributed by atoms with Gasteiger partial charge in [-0.2, -0.15) is 0 Å². The monoisotopic (exact) mass is 296 g/mol. The summed E-state index contributed by atoms with van der Waals surface area (Å²) in [7, 11) is 2.01. The van der Waals surface area contributed by atoms with E-state index in [0.29, 0.717) is 18.6 Å². The van der Waals surface area contributed by atoms with Crippen molar-refractivity contribution in [3.05, 3.63) is 34.9 Å². The SMILES string of the molecule is CNC(CCN1CCC(CCO)C1)c1ccc(Cl)cc1. The lowest BCUT2D eigenvalue weighted by Crippen LogP contribution is -2.27. The second kappa shape index (κ2) is 7.99. The molecule has 2 unspecified atom stereocenters. The Bertz CT molecular complexity index is 396. The third-order valence-corrected chi connectivity index (χ3v) is 4.51. The van der Waals surface area contributed by atoms with Crippen molar-refractivity contribution in [1.82, 2.24) is 10.2 Å². The summed E-state index contributed by atoms with van der Waals surface area (Å²) in [6.45, 7) is 3.73. The first-order chi connectivity index (χ1) is 9.72. The van der Waals surface area contributed by atoms with E-state index in [9.17, 15) is 0 Å². The number of nitrogens with zero attached hydrogens (tertiary/aromatic N) is 1. The highest BCUT2D eigenvalue weighted by Gasteiger charge is 2.22. The summed E-state index contributed by atoms with van der Waals surface area (Å²) in [5.41, 5.74) is 1.29. The second-order valence-corrected chi connectivity index (χ2v) is 6.09. The maximum atomic E-state index is 9.00. The molecule has 1 saturated heterocycles. The lowest BCUT2D eigenvalue weighted by atomic mass is 10.0. The van der Waals surface area contributed by atoms with Gasteiger partial charge in [0.2, 0.25) is 0 Å². The molecular formula is C16H25ClN2O. The highest BCUT2D eigenvalue weighted by Crippen LogP contribution is 2.23. The third-order valence-electron chi connectivity index (χ3n) is 4.26. The zero-order valence-corrected chi connectivity index (χ0v) is 12.9. The number of aliphatic hydroxyl groups excluding tert-OH is 1. The molecule has 1 heterocycles. The molecular weight excluding hydrogens is 272 g/mol. The van der Waals surface area contributed by atoms with Crippen LogP contribution in [0, 0.1) is 5.92 Å². The predicted molar refractivity (Wildman–Crippen MR) is 84.1 cm³/mol. The van der Waals surface area contributed by atoms with Gasteiger partial charge >= 0.3 is 0 Å². The molecule has 4 heteroatoms. The van der Waals surface area contributed by atoms with Crippen molar-refractivity contribution in [3.8, 4) is 0 Å². The van der Waals surface area contributed by atoms with Gasteiger partial charge in [0, 0.05) is 24.2 Å². The van der Waals surface area contributed by atoms with E-state index in [-0.39, 0.29) is 0 Å². The molecule has 2 rings (SSSR count). The van der Waals surface area contributed by atoms with Crippen molar-refractivity contribution >= 4 is 11.6 Å². The lowest BCUT2D eigenvalue weighted by molar-refractivity contribution is 0.248. The molecule has 2 N–H and O–H groups in total. The molecule has 20 heavy (non-hydrogen) atoms. The zero-order chi connectivity index (χ0) is 14.4. The summed E-state index contributed by atoms with van der Waals surface area (Å²) in [6, 6.07) is 8.48. The van der Waals surface area contributed by atoms with Gasteiger partial charge in [-0.1, -0.05) is 23.7 Å². The molecule has 0 radical (unpaired) electrons. The van der Waals surface area contributed by atoms with Crippen LogP contribution in [0.2, 0.25) is 5.02 Å². The van der Waals surface area contributed by atoms with Gasteiger partial charge in [0.05, 0.1) is 0 Å². The number of aliphatic hydroxyl groups is 1. The molecule has 0 amide bonds. The van der Waals surface area contributed by atoms with Gasteiger partial charge in [-0.15, -0.1) is 0 Å². The van der Waals surface area contributed by atoms with Crippen molar-refractivity contribution in [2.75, 3.05) is 33.3 Å². The Balaban J connectivity index is 1.81. The molecule has 0 spiro atoms. The molecule has 0 bridgehead atoms. The summed E-state index contributed by atoms with van der Waals surface area (Å²) in [4.78, 5) is 2.51. The minimum Gasteiger partial charge on any atom is -0.396 e. The van der Waals surface area contributed by atoms with Crippen LogP contribution in [0.1, 0.15) is 30.9 Å². The Hall–Kier alpha value is -0.610. The lowest BCUT2D eigenvalue weighted by Gasteiger charge is -2.21. The van der Waals surface area contributed by atoms with E-state index in [4.69, 9.17) is 16.7 Å². The molecule has 1 aromatic rings. The second-order valence-electron chi connectivity index (χ2n) is 5.65. The van der Waals surface area contributed by atoms with Crippen molar-refractivity contribution in [3.63, 3.8) is 0 Å². The van der Waals surface area contributed by atoms with E-state index in [1.54, 1.807) is 0 Å². The van der Waals surface area contributed by atoms with Crippen LogP contribution in [-0.2, 0) is 0 Å². The molecule has 1 aliphatic heterocycles. The number of hydrogen-bond donors (Lipinski definition) is 2. The average Bonchev–Trinajstić information content (AvgIpc) is 2.89. The summed E-state index contributed by atoms with van der Waals surface area (Å²) < 4.78 is 0. The van der Waals surface area contributed by atoms with Crippen LogP contribution in [0.15, 0.2) is 24.3 Å². The number of rotatable bonds is 7. The number of hydrogen-bond acceptors (Lipinski definition) is 3. The van der Waals surface area contributed by atoms with Gasteiger partial charge in [0.15, 0.2) is 0 Å². The number of benzene rings is 1. The first kappa shape index (κ1) is 15.8. The Labute approximate surface area is 126 Å². The molecule has 0 aliphatic carbocycles. The van der Waals surface area contributed by atoms with E-state index in [1.807, 2.05) is 19.2 Å². The average molecular weight is 297 g/mol. The van der Waals surface area contributed by atoms with Crippen LogP contribution in [0.25, 0.3) is 0 Å². The fraction of sp³-hybridized carbons (Fsp3) is 0.625. The molecule has 1 fully saturated rings. The molecule has 3 nitrogen and oxygen atoms in total. The Morgan fingerprint density at radius 2 is 2.15 bits per heavy atom. The topological polar surface area (TPSA) is 35.5 Å². The minimum atomic E-state index is 0.322. The van der Waals surface area contributed by atoms with Crippen molar-refractivity contribution < 1.29 is 5.11 Å². The fourth-order valence-electron chi connectivity index (χ4n) is 3.02. The predicted octanol–water partition coefficient (Wildman–Crippen LogP) is 2.69. The maximum absolute atomic E-state index is 9.00. The van der Waals surface area contributed by atoms with Gasteiger partial charge in [0.25, 0.3) is 0 Å². The summed E-state index contributed by atoms with van der Waals surface area (Å²) in [6.07, 6.45) is 3.28. The summed E-state index contributed by atoms with van der Waals surface area (Å²) in [5, 5.41) is 13.2. The van der Waals surface area contributed by atoms with E-state index in [1.165, 1.54) is 18.5 Å². The van der Waals surface area contributed by atoms with E-state index in [0.717, 1.165) is 31.0 Å². The Kier molecular flexibility index (Phi) is 6.30. The first-order valence-corrected chi connectivity index (χ1v) is 7.86. The molecule has 0 saturated carbocycles. The zero-order valence-electron chi connectivity index (χ0n) is 12.2. The summed E-state index contributed by atoms with van der Waals surface area (Å²) in [5.74, 6) is 0.684. The standard InChI is InChI=1S/C16H25ClN2O/c1-18-16(14-2-4-15(17)5-3-14)7-10-19-9-6-13(12-19)8-11-20/h2-5,13,16,18,20H,6-12H2,1H3. The largest absolute Gasteiger partial charge is 0.396 e. The van der Waals surface area contributed by atoms with Crippen LogP contribution in [0.4, 0.5) is 0 Å². The number of likely N-dealkylation sites (tertiary alicyclic amines) is 1. The Morgan fingerprint density at radius 3 is 2.80 bits per heavy atom. The smallest absolute Gasteiger partial charge is 0.0434 e. The highest BCUT2D eigenvalue weighted by atomic mass is 35.5. The molecule has 112 valence electrons. The van der Waals surface area contributed by atoms with Crippen molar-refractivity contribution in [1.29, 1.82) is 0 Å². The number of halogens is 1. The van der Waals surface area contributed by atoms with Crippen LogP contribution >= 0.6 is 11.6 Å². The maximum Gasteiger partial charge on any atom is 0.0434 e. The van der Waals surface area contributed by atoms with Crippen molar-refractivity contribution in [2.24, 2.45) is 5.92 Å². The number of nitrogens with one attached hydrogen (secondary N) is 1. The minimum absolute atomic E-state index is 0.322. The van der Waals surface area contributed by atoms with Gasteiger partial charge in [-0.3, -0.25) is 0 Å². The molecule has 0 aromatic heterocycles. The van der Waals surface area contributed by atoms with Gasteiger partial charge in [0.1, 0.15) is 0 Å². The molecule has 1 aromatic carbocycles. The Morgan fingerprint density at radius 1 is 1.40 bits per heavy atom. The van der Waals surface area contributed by atoms with Crippen molar-refractivity contribution in [2.45, 2.75) is 25.3 Å². The van der Waals surface area contributed by atoms with Gasteiger partial charge in [-0.25, -0.2) is 0 Å². The quantitative estimate of drug-likeness (QED) is 0.812. The highest BCUT2D eigenvalue weighted by molar-refractivity contribution is 6.30. The molecule has 2 atom stereocenters. The normalized spacial score (nSPS) is 21.2. The third kappa shape index (κ3) is 4.45.